The molecule has 0 saturated heterocycles. The molecule has 0 amide bonds. The van der Waals surface area contributed by atoms with Crippen molar-refractivity contribution in [2.24, 2.45) is 0 Å². The van der Waals surface area contributed by atoms with E-state index in [0.29, 0.717) is 40.2 Å². The first kappa shape index (κ1) is 20.1. The highest BCUT2D eigenvalue weighted by Gasteiger charge is 2.21. The Bertz CT molecular complexity index is 1480. The van der Waals surface area contributed by atoms with E-state index < -0.39 is 0 Å². The number of hydrogen-bond donors (Lipinski definition) is 0. The fourth-order valence-electron chi connectivity index (χ4n) is 4.43. The summed E-state index contributed by atoms with van der Waals surface area (Å²) in [6.45, 7) is 1.83. The Morgan fingerprint density at radius 1 is 0.562 bits per heavy atom. The molecule has 0 saturated carbocycles. The van der Waals surface area contributed by atoms with Gasteiger partial charge in [-0.25, -0.2) is 4.98 Å². The van der Waals surface area contributed by atoms with E-state index >= 15 is 0 Å². The minimum atomic E-state index is 0.562. The Labute approximate surface area is 184 Å². The van der Waals surface area contributed by atoms with Crippen molar-refractivity contribution in [1.82, 2.24) is 4.98 Å². The van der Waals surface area contributed by atoms with Crippen molar-refractivity contribution in [1.29, 1.82) is 0 Å². The van der Waals surface area contributed by atoms with Crippen molar-refractivity contribution in [2.75, 3.05) is 35.5 Å². The highest BCUT2D eigenvalue weighted by Crippen LogP contribution is 2.47. The van der Waals surface area contributed by atoms with E-state index in [4.69, 9.17) is 33.1 Å². The van der Waals surface area contributed by atoms with Crippen molar-refractivity contribution in [3.63, 3.8) is 0 Å². The van der Waals surface area contributed by atoms with Gasteiger partial charge in [-0.1, -0.05) is 0 Å². The number of ether oxygens (including phenoxy) is 5. The highest BCUT2D eigenvalue weighted by molar-refractivity contribution is 6.31. The first-order valence-corrected chi connectivity index (χ1v) is 10.1. The lowest BCUT2D eigenvalue weighted by molar-refractivity contribution is 0.355. The summed E-state index contributed by atoms with van der Waals surface area (Å²) in [6, 6.07) is 9.89. The number of rotatable bonds is 5. The maximum Gasteiger partial charge on any atom is 0.197 e. The lowest BCUT2D eigenvalue weighted by Gasteiger charge is -2.17. The SMILES string of the molecule is COc1cc2c3cc(OC)c(OC)cc3c3c(cc(OC)c4oc(C)nc43)c2cc1OC. The van der Waals surface area contributed by atoms with Gasteiger partial charge in [0.05, 0.1) is 35.5 Å². The Morgan fingerprint density at radius 2 is 0.938 bits per heavy atom. The van der Waals surface area contributed by atoms with Crippen LogP contribution in [0.2, 0.25) is 0 Å². The number of methoxy groups -OCH3 is 5. The van der Waals surface area contributed by atoms with Gasteiger partial charge in [0.15, 0.2) is 40.2 Å². The summed E-state index contributed by atoms with van der Waals surface area (Å²) in [5.74, 6) is 3.72. The zero-order valence-corrected chi connectivity index (χ0v) is 18.8. The molecule has 4 aromatic carbocycles. The number of benzene rings is 4. The van der Waals surface area contributed by atoms with E-state index in [1.165, 1.54) is 0 Å². The molecule has 0 spiro atoms. The third kappa shape index (κ3) is 2.70. The topological polar surface area (TPSA) is 72.2 Å². The van der Waals surface area contributed by atoms with Crippen LogP contribution in [0, 0.1) is 6.92 Å². The van der Waals surface area contributed by atoms with Crippen molar-refractivity contribution in [3.8, 4) is 28.7 Å². The van der Waals surface area contributed by atoms with E-state index in [1.807, 2.05) is 37.3 Å². The number of nitrogens with zero attached hydrogens (tertiary/aromatic N) is 1. The lowest BCUT2D eigenvalue weighted by atomic mass is 9.92. The summed E-state index contributed by atoms with van der Waals surface area (Å²) in [7, 11) is 8.13. The Hall–Kier alpha value is -3.87. The molecule has 0 aliphatic rings. The summed E-state index contributed by atoms with van der Waals surface area (Å²) >= 11 is 0. The molecule has 0 aliphatic heterocycles. The quantitative estimate of drug-likeness (QED) is 0.332. The van der Waals surface area contributed by atoms with E-state index in [-0.39, 0.29) is 0 Å². The minimum absolute atomic E-state index is 0.562. The molecule has 5 rings (SSSR count). The fourth-order valence-corrected chi connectivity index (χ4v) is 4.43. The monoisotopic (exact) mass is 433 g/mol. The first-order valence-electron chi connectivity index (χ1n) is 10.1. The van der Waals surface area contributed by atoms with Crippen molar-refractivity contribution in [2.45, 2.75) is 6.92 Å². The molecule has 1 aromatic heterocycles. The third-order valence-electron chi connectivity index (χ3n) is 5.86. The van der Waals surface area contributed by atoms with Crippen LogP contribution >= 0.6 is 0 Å². The van der Waals surface area contributed by atoms with Gasteiger partial charge < -0.3 is 28.1 Å². The lowest BCUT2D eigenvalue weighted by Crippen LogP contribution is -1.95. The van der Waals surface area contributed by atoms with Crippen molar-refractivity contribution >= 4 is 43.4 Å². The molecule has 0 aliphatic carbocycles. The molecule has 0 atom stereocenters. The fraction of sp³-hybridized carbons (Fsp3) is 0.240. The molecule has 164 valence electrons. The molecule has 32 heavy (non-hydrogen) atoms. The maximum absolute atomic E-state index is 5.91. The Balaban J connectivity index is 2.13. The molecule has 7 heteroatoms. The smallest absolute Gasteiger partial charge is 0.197 e. The molecular weight excluding hydrogens is 410 g/mol. The minimum Gasteiger partial charge on any atom is -0.493 e. The second-order valence-corrected chi connectivity index (χ2v) is 7.42. The van der Waals surface area contributed by atoms with E-state index in [1.54, 1.807) is 35.5 Å². The summed E-state index contributed by atoms with van der Waals surface area (Å²) in [5.41, 5.74) is 1.33. The predicted molar refractivity (Wildman–Crippen MR) is 124 cm³/mol. The average Bonchev–Trinajstić information content (AvgIpc) is 3.22. The molecule has 0 bridgehead atoms. The summed E-state index contributed by atoms with van der Waals surface area (Å²) in [4.78, 5) is 4.71. The van der Waals surface area contributed by atoms with Crippen LogP contribution in [0.25, 0.3) is 43.4 Å². The third-order valence-corrected chi connectivity index (χ3v) is 5.86. The van der Waals surface area contributed by atoms with Crippen LogP contribution in [0.1, 0.15) is 5.89 Å². The van der Waals surface area contributed by atoms with Crippen LogP contribution < -0.4 is 23.7 Å². The number of aromatic nitrogens is 1. The van der Waals surface area contributed by atoms with Gasteiger partial charge in [-0.15, -0.1) is 0 Å². The van der Waals surface area contributed by atoms with Gasteiger partial charge in [-0.05, 0) is 57.3 Å². The maximum atomic E-state index is 5.91. The molecule has 0 unspecified atom stereocenters. The highest BCUT2D eigenvalue weighted by atomic mass is 16.5. The average molecular weight is 433 g/mol. The van der Waals surface area contributed by atoms with Crippen molar-refractivity contribution < 1.29 is 28.1 Å². The van der Waals surface area contributed by atoms with Gasteiger partial charge in [0, 0.05) is 12.3 Å². The van der Waals surface area contributed by atoms with Crippen LogP contribution in [0.4, 0.5) is 0 Å². The van der Waals surface area contributed by atoms with Crippen LogP contribution in [0.3, 0.4) is 0 Å². The van der Waals surface area contributed by atoms with Crippen LogP contribution in [0.15, 0.2) is 34.7 Å². The van der Waals surface area contributed by atoms with E-state index in [9.17, 15) is 0 Å². The van der Waals surface area contributed by atoms with Crippen molar-refractivity contribution in [3.05, 3.63) is 36.2 Å². The molecule has 5 aromatic rings. The molecule has 0 fully saturated rings. The van der Waals surface area contributed by atoms with Gasteiger partial charge in [-0.2, -0.15) is 0 Å². The zero-order valence-electron chi connectivity index (χ0n) is 18.8. The Morgan fingerprint density at radius 3 is 1.38 bits per heavy atom. The van der Waals surface area contributed by atoms with Gasteiger partial charge in [0.2, 0.25) is 0 Å². The van der Waals surface area contributed by atoms with Gasteiger partial charge in [0.25, 0.3) is 0 Å². The second-order valence-electron chi connectivity index (χ2n) is 7.42. The second kappa shape index (κ2) is 7.37. The number of hydrogen-bond acceptors (Lipinski definition) is 7. The molecular formula is C25H23NO6. The Kier molecular flexibility index (Phi) is 4.62. The standard InChI is InChI=1S/C25H23NO6/c1-12-26-24-23-16-10-21(30-5)20(29-4)8-14(16)13-7-18(27-2)19(28-3)9-15(13)17(23)11-22(31-6)25(24)32-12/h7-11H,1-6H3. The first-order chi connectivity index (χ1) is 15.5. The normalized spacial score (nSPS) is 11.4. The van der Waals surface area contributed by atoms with Gasteiger partial charge >= 0.3 is 0 Å². The largest absolute Gasteiger partial charge is 0.493 e. The zero-order chi connectivity index (χ0) is 22.6. The summed E-state index contributed by atoms with van der Waals surface area (Å²) in [6.07, 6.45) is 0. The summed E-state index contributed by atoms with van der Waals surface area (Å²) in [5, 5.41) is 5.77. The van der Waals surface area contributed by atoms with Gasteiger partial charge in [0.1, 0.15) is 5.52 Å². The predicted octanol–water partition coefficient (Wildman–Crippen LogP) is 5.64. The molecule has 7 nitrogen and oxygen atoms in total. The van der Waals surface area contributed by atoms with Crippen LogP contribution in [-0.4, -0.2) is 40.5 Å². The number of oxazole rings is 1. The van der Waals surface area contributed by atoms with Gasteiger partial charge in [-0.3, -0.25) is 0 Å². The van der Waals surface area contributed by atoms with Crippen LogP contribution in [-0.2, 0) is 0 Å². The molecule has 0 radical (unpaired) electrons. The van der Waals surface area contributed by atoms with E-state index in [0.717, 1.165) is 37.8 Å². The number of fused-ring (bicyclic) bond motifs is 8. The molecule has 1 heterocycles. The summed E-state index contributed by atoms with van der Waals surface area (Å²) < 4.78 is 34.0. The number of aryl methyl sites for hydroxylation is 1. The molecule has 0 N–H and O–H groups in total. The van der Waals surface area contributed by atoms with Crippen LogP contribution in [0.5, 0.6) is 28.7 Å². The van der Waals surface area contributed by atoms with E-state index in [2.05, 4.69) is 0 Å².